The van der Waals surface area contributed by atoms with Gasteiger partial charge in [-0.25, -0.2) is 15.2 Å². The van der Waals surface area contributed by atoms with Crippen LogP contribution in [0.3, 0.4) is 0 Å². The van der Waals surface area contributed by atoms with Crippen LogP contribution in [0, 0.1) is 12.7 Å². The number of nitrogen functional groups attached to an aromatic ring is 1. The van der Waals surface area contributed by atoms with E-state index < -0.39 is 0 Å². The summed E-state index contributed by atoms with van der Waals surface area (Å²) in [5.41, 5.74) is 3.65. The second-order valence-electron chi connectivity index (χ2n) is 3.68. The van der Waals surface area contributed by atoms with Gasteiger partial charge in [0.25, 0.3) is 0 Å². The Labute approximate surface area is 108 Å². The van der Waals surface area contributed by atoms with Crippen LogP contribution in [0.4, 0.5) is 21.8 Å². The maximum Gasteiger partial charge on any atom is 0.239 e. The molecule has 1 heterocycles. The molecule has 0 aliphatic heterocycles. The van der Waals surface area contributed by atoms with Crippen molar-refractivity contribution in [3.8, 4) is 0 Å². The van der Waals surface area contributed by atoms with E-state index in [1.807, 2.05) is 0 Å². The van der Waals surface area contributed by atoms with Crippen LogP contribution in [0.15, 0.2) is 24.4 Å². The lowest BCUT2D eigenvalue weighted by Gasteiger charge is -2.09. The quantitative estimate of drug-likeness (QED) is 0.589. The zero-order valence-corrected chi connectivity index (χ0v) is 10.3. The van der Waals surface area contributed by atoms with Crippen LogP contribution in [-0.4, -0.2) is 9.97 Å². The van der Waals surface area contributed by atoms with Gasteiger partial charge in [-0.3, -0.25) is 5.43 Å². The van der Waals surface area contributed by atoms with E-state index in [-0.39, 0.29) is 11.8 Å². The minimum atomic E-state index is -0.333. The number of halogens is 2. The SMILES string of the molecule is Cc1cc(F)cc(Nc2nc(NN)ncc2Cl)c1. The highest BCUT2D eigenvalue weighted by atomic mass is 35.5. The predicted molar refractivity (Wildman–Crippen MR) is 69.3 cm³/mol. The maximum absolute atomic E-state index is 13.2. The highest BCUT2D eigenvalue weighted by Crippen LogP contribution is 2.24. The molecule has 1 aromatic carbocycles. The second-order valence-corrected chi connectivity index (χ2v) is 4.08. The number of hydrogen-bond donors (Lipinski definition) is 3. The number of rotatable bonds is 3. The van der Waals surface area contributed by atoms with E-state index in [0.29, 0.717) is 16.5 Å². The molecule has 0 spiro atoms. The third-order valence-electron chi connectivity index (χ3n) is 2.18. The van der Waals surface area contributed by atoms with E-state index in [1.54, 1.807) is 13.0 Å². The number of hydrazine groups is 1. The molecular formula is C11H11ClFN5. The standard InChI is InChI=1S/C11H11ClFN5/c1-6-2-7(13)4-8(3-6)16-10-9(12)5-15-11(17-10)18-14/h2-5H,14H2,1H3,(H2,15,16,17,18). The number of benzene rings is 1. The van der Waals surface area contributed by atoms with Crippen LogP contribution in [0.25, 0.3) is 0 Å². The topological polar surface area (TPSA) is 75.9 Å². The van der Waals surface area contributed by atoms with Crippen LogP contribution in [0.2, 0.25) is 5.02 Å². The summed E-state index contributed by atoms with van der Waals surface area (Å²) in [5, 5.41) is 3.23. The van der Waals surface area contributed by atoms with Crippen LogP contribution < -0.4 is 16.6 Å². The van der Waals surface area contributed by atoms with Crippen LogP contribution >= 0.6 is 11.6 Å². The smallest absolute Gasteiger partial charge is 0.239 e. The first-order valence-electron chi connectivity index (χ1n) is 5.12. The van der Waals surface area contributed by atoms with E-state index in [2.05, 4.69) is 20.7 Å². The van der Waals surface area contributed by atoms with Gasteiger partial charge in [-0.2, -0.15) is 4.98 Å². The molecule has 0 unspecified atom stereocenters. The molecule has 4 N–H and O–H groups in total. The molecule has 5 nitrogen and oxygen atoms in total. The van der Waals surface area contributed by atoms with Crippen molar-refractivity contribution in [2.75, 3.05) is 10.7 Å². The molecule has 0 bridgehead atoms. The van der Waals surface area contributed by atoms with Gasteiger partial charge < -0.3 is 5.32 Å². The number of nitrogens with zero attached hydrogens (tertiary/aromatic N) is 2. The Hall–Kier alpha value is -1.92. The highest BCUT2D eigenvalue weighted by Gasteiger charge is 2.06. The summed E-state index contributed by atoms with van der Waals surface area (Å²) in [6.45, 7) is 1.79. The Kier molecular flexibility index (Phi) is 3.59. The predicted octanol–water partition coefficient (Wildman–Crippen LogP) is 2.61. The summed E-state index contributed by atoms with van der Waals surface area (Å²) in [7, 11) is 0. The van der Waals surface area contributed by atoms with Crippen molar-refractivity contribution in [2.24, 2.45) is 5.84 Å². The molecule has 2 aromatic rings. The van der Waals surface area contributed by atoms with Gasteiger partial charge >= 0.3 is 0 Å². The first-order valence-corrected chi connectivity index (χ1v) is 5.49. The first kappa shape index (κ1) is 12.5. The first-order chi connectivity index (χ1) is 8.58. The van der Waals surface area contributed by atoms with Gasteiger partial charge in [0.15, 0.2) is 5.82 Å². The van der Waals surface area contributed by atoms with E-state index in [1.165, 1.54) is 18.3 Å². The molecule has 0 fully saturated rings. The molecule has 2 rings (SSSR count). The number of hydrogen-bond acceptors (Lipinski definition) is 5. The normalized spacial score (nSPS) is 10.2. The van der Waals surface area contributed by atoms with Gasteiger partial charge in [-0.15, -0.1) is 0 Å². The average molecular weight is 268 g/mol. The zero-order valence-electron chi connectivity index (χ0n) is 9.54. The average Bonchev–Trinajstić information content (AvgIpc) is 2.30. The lowest BCUT2D eigenvalue weighted by Crippen LogP contribution is -2.11. The molecule has 0 saturated heterocycles. The van der Waals surface area contributed by atoms with Crippen molar-refractivity contribution in [3.05, 3.63) is 40.8 Å². The van der Waals surface area contributed by atoms with Gasteiger partial charge in [0.05, 0.1) is 6.20 Å². The Balaban J connectivity index is 2.33. The van der Waals surface area contributed by atoms with Crippen molar-refractivity contribution in [3.63, 3.8) is 0 Å². The van der Waals surface area contributed by atoms with E-state index in [9.17, 15) is 4.39 Å². The van der Waals surface area contributed by atoms with Crippen LogP contribution in [-0.2, 0) is 0 Å². The summed E-state index contributed by atoms with van der Waals surface area (Å²) in [5.74, 6) is 5.44. The minimum Gasteiger partial charge on any atom is -0.339 e. The number of anilines is 3. The lowest BCUT2D eigenvalue weighted by molar-refractivity contribution is 0.627. The fraction of sp³-hybridized carbons (Fsp3) is 0.0909. The van der Waals surface area contributed by atoms with E-state index in [0.717, 1.165) is 5.56 Å². The molecule has 0 radical (unpaired) electrons. The number of aryl methyl sites for hydroxylation is 1. The molecule has 94 valence electrons. The summed E-state index contributed by atoms with van der Waals surface area (Å²) in [4.78, 5) is 7.87. The summed E-state index contributed by atoms with van der Waals surface area (Å²) >= 11 is 5.93. The zero-order chi connectivity index (χ0) is 13.1. The number of nitrogens with two attached hydrogens (primary N) is 1. The second kappa shape index (κ2) is 5.16. The van der Waals surface area contributed by atoms with Crippen LogP contribution in [0.1, 0.15) is 5.56 Å². The molecule has 0 amide bonds. The molecule has 7 heteroatoms. The van der Waals surface area contributed by atoms with Crippen molar-refractivity contribution in [2.45, 2.75) is 6.92 Å². The number of aromatic nitrogens is 2. The van der Waals surface area contributed by atoms with E-state index >= 15 is 0 Å². The molecular weight excluding hydrogens is 257 g/mol. The number of nitrogens with one attached hydrogen (secondary N) is 2. The third-order valence-corrected chi connectivity index (χ3v) is 2.45. The minimum absolute atomic E-state index is 0.218. The Bertz CT molecular complexity index is 555. The summed E-state index contributed by atoms with van der Waals surface area (Å²) in [6.07, 6.45) is 1.40. The Morgan fingerprint density at radius 3 is 2.78 bits per heavy atom. The van der Waals surface area contributed by atoms with Crippen molar-refractivity contribution in [1.82, 2.24) is 9.97 Å². The van der Waals surface area contributed by atoms with E-state index in [4.69, 9.17) is 17.4 Å². The van der Waals surface area contributed by atoms with Gasteiger partial charge in [0.1, 0.15) is 10.8 Å². The monoisotopic (exact) mass is 267 g/mol. The van der Waals surface area contributed by atoms with Crippen molar-refractivity contribution < 1.29 is 4.39 Å². The fourth-order valence-corrected chi connectivity index (χ4v) is 1.61. The summed E-state index contributed by atoms with van der Waals surface area (Å²) < 4.78 is 13.2. The van der Waals surface area contributed by atoms with Crippen LogP contribution in [0.5, 0.6) is 0 Å². The maximum atomic E-state index is 13.2. The molecule has 0 aliphatic rings. The summed E-state index contributed by atoms with van der Waals surface area (Å²) in [6, 6.07) is 4.55. The van der Waals surface area contributed by atoms with Gasteiger partial charge in [0, 0.05) is 5.69 Å². The lowest BCUT2D eigenvalue weighted by atomic mass is 10.2. The molecule has 0 atom stereocenters. The fourth-order valence-electron chi connectivity index (χ4n) is 1.47. The largest absolute Gasteiger partial charge is 0.339 e. The Morgan fingerprint density at radius 2 is 2.11 bits per heavy atom. The third kappa shape index (κ3) is 2.85. The van der Waals surface area contributed by atoms with Gasteiger partial charge in [-0.05, 0) is 30.7 Å². The van der Waals surface area contributed by atoms with Gasteiger partial charge in [-0.1, -0.05) is 11.6 Å². The molecule has 1 aromatic heterocycles. The highest BCUT2D eigenvalue weighted by molar-refractivity contribution is 6.32. The van der Waals surface area contributed by atoms with Crippen molar-refractivity contribution >= 4 is 29.1 Å². The molecule has 0 saturated carbocycles. The van der Waals surface area contributed by atoms with Crippen molar-refractivity contribution in [1.29, 1.82) is 0 Å². The molecule has 18 heavy (non-hydrogen) atoms. The Morgan fingerprint density at radius 1 is 1.33 bits per heavy atom. The molecule has 0 aliphatic carbocycles. The van der Waals surface area contributed by atoms with Gasteiger partial charge in [0.2, 0.25) is 5.95 Å².